The second kappa shape index (κ2) is 13.5. The SMILES string of the molecule is CCCCN(CCCC)S(=O)(=O)c1ccc2nc(NC(=O)c3ccccc3C(=O)c3ccc(Cl)c([N+](=O)[O-])c3)sc2c1. The largest absolute Gasteiger partial charge is 0.298 e. The Labute approximate surface area is 252 Å². The Morgan fingerprint density at radius 3 is 2.31 bits per heavy atom. The molecule has 0 spiro atoms. The van der Waals surface area contributed by atoms with E-state index in [1.54, 1.807) is 24.3 Å². The number of hydrogen-bond donors (Lipinski definition) is 1. The molecule has 1 aromatic heterocycles. The molecule has 0 aliphatic heterocycles. The number of nitro benzene ring substituents is 1. The average molecular weight is 629 g/mol. The van der Waals surface area contributed by atoms with Gasteiger partial charge in [-0.1, -0.05) is 67.8 Å². The summed E-state index contributed by atoms with van der Waals surface area (Å²) in [6, 6.07) is 14.5. The first-order valence-electron chi connectivity index (χ1n) is 13.4. The number of nitrogens with zero attached hydrogens (tertiary/aromatic N) is 3. The summed E-state index contributed by atoms with van der Waals surface area (Å²) in [5, 5.41) is 14.1. The van der Waals surface area contributed by atoms with Crippen molar-refractivity contribution in [2.45, 2.75) is 44.4 Å². The number of carbonyl (C=O) groups is 2. The summed E-state index contributed by atoms with van der Waals surface area (Å²) >= 11 is 6.99. The van der Waals surface area contributed by atoms with Gasteiger partial charge in [0.2, 0.25) is 10.0 Å². The first kappa shape index (κ1) is 31.2. The van der Waals surface area contributed by atoms with Crippen LogP contribution in [0, 0.1) is 10.1 Å². The predicted octanol–water partition coefficient (Wildman–Crippen LogP) is 6.93. The second-order valence-corrected chi connectivity index (χ2v) is 12.9. The monoisotopic (exact) mass is 628 g/mol. The van der Waals surface area contributed by atoms with Gasteiger partial charge in [0, 0.05) is 30.3 Å². The Morgan fingerprint density at radius 2 is 1.67 bits per heavy atom. The Kier molecular flexibility index (Phi) is 10.0. The van der Waals surface area contributed by atoms with Crippen molar-refractivity contribution in [3.63, 3.8) is 0 Å². The number of nitrogens with one attached hydrogen (secondary N) is 1. The zero-order valence-electron chi connectivity index (χ0n) is 23.0. The van der Waals surface area contributed by atoms with E-state index in [0.29, 0.717) is 23.3 Å². The molecule has 0 fully saturated rings. The lowest BCUT2D eigenvalue weighted by atomic mass is 9.97. The lowest BCUT2D eigenvalue weighted by Crippen LogP contribution is -2.33. The van der Waals surface area contributed by atoms with Gasteiger partial charge in [0.25, 0.3) is 11.6 Å². The molecule has 42 heavy (non-hydrogen) atoms. The molecular weight excluding hydrogens is 600 g/mol. The predicted molar refractivity (Wildman–Crippen MR) is 164 cm³/mol. The number of fused-ring (bicyclic) bond motifs is 1. The number of amides is 1. The van der Waals surface area contributed by atoms with Crippen LogP contribution in [0.2, 0.25) is 5.02 Å². The zero-order valence-corrected chi connectivity index (χ0v) is 25.4. The molecule has 0 aliphatic carbocycles. The highest BCUT2D eigenvalue weighted by molar-refractivity contribution is 7.89. The number of thiazole rings is 1. The van der Waals surface area contributed by atoms with Gasteiger partial charge < -0.3 is 0 Å². The van der Waals surface area contributed by atoms with Gasteiger partial charge in [-0.25, -0.2) is 13.4 Å². The number of unbranched alkanes of at least 4 members (excludes halogenated alkanes) is 2. The molecule has 0 saturated carbocycles. The summed E-state index contributed by atoms with van der Waals surface area (Å²) < 4.78 is 28.9. The average Bonchev–Trinajstić information content (AvgIpc) is 3.38. The number of anilines is 1. The molecule has 1 amide bonds. The molecule has 0 aliphatic rings. The molecule has 1 N–H and O–H groups in total. The van der Waals surface area contributed by atoms with E-state index in [4.69, 9.17) is 11.6 Å². The first-order valence-corrected chi connectivity index (χ1v) is 16.0. The Morgan fingerprint density at radius 1 is 1.00 bits per heavy atom. The molecule has 4 aromatic rings. The van der Waals surface area contributed by atoms with Gasteiger partial charge in [-0.2, -0.15) is 4.31 Å². The van der Waals surface area contributed by atoms with Crippen molar-refractivity contribution in [2.24, 2.45) is 0 Å². The van der Waals surface area contributed by atoms with Crippen LogP contribution in [0.5, 0.6) is 0 Å². The molecule has 0 radical (unpaired) electrons. The summed E-state index contributed by atoms with van der Waals surface area (Å²) in [5.74, 6) is -1.20. The van der Waals surface area contributed by atoms with Crippen molar-refractivity contribution in [3.8, 4) is 0 Å². The summed E-state index contributed by atoms with van der Waals surface area (Å²) in [6.07, 6.45) is 3.29. The highest BCUT2D eigenvalue weighted by atomic mass is 35.5. The van der Waals surface area contributed by atoms with Crippen LogP contribution in [-0.2, 0) is 10.0 Å². The van der Waals surface area contributed by atoms with Crippen molar-refractivity contribution in [1.82, 2.24) is 9.29 Å². The fourth-order valence-corrected chi connectivity index (χ4v) is 6.99. The molecular formula is C29H29ClN4O6S2. The summed E-state index contributed by atoms with van der Waals surface area (Å²) in [5.41, 5.74) is 0.192. The van der Waals surface area contributed by atoms with E-state index in [2.05, 4.69) is 10.3 Å². The van der Waals surface area contributed by atoms with E-state index in [-0.39, 0.29) is 31.7 Å². The molecule has 220 valence electrons. The molecule has 0 atom stereocenters. The van der Waals surface area contributed by atoms with E-state index < -0.39 is 32.3 Å². The number of nitro groups is 1. The van der Waals surface area contributed by atoms with Crippen LogP contribution < -0.4 is 5.32 Å². The highest BCUT2D eigenvalue weighted by Gasteiger charge is 2.25. The summed E-state index contributed by atoms with van der Waals surface area (Å²) in [6.45, 7) is 4.93. The van der Waals surface area contributed by atoms with Crippen molar-refractivity contribution in [1.29, 1.82) is 0 Å². The zero-order chi connectivity index (χ0) is 30.4. The van der Waals surface area contributed by atoms with Crippen molar-refractivity contribution < 1.29 is 22.9 Å². The Balaban J connectivity index is 1.59. The lowest BCUT2D eigenvalue weighted by molar-refractivity contribution is -0.384. The fraction of sp³-hybridized carbons (Fsp3) is 0.276. The van der Waals surface area contributed by atoms with E-state index in [1.807, 2.05) is 13.8 Å². The quantitative estimate of drug-likeness (QED) is 0.0961. The number of benzene rings is 3. The van der Waals surface area contributed by atoms with Gasteiger partial charge in [0.05, 0.1) is 25.6 Å². The maximum atomic E-state index is 13.4. The normalized spacial score (nSPS) is 11.6. The van der Waals surface area contributed by atoms with Crippen LogP contribution in [0.4, 0.5) is 10.8 Å². The first-order chi connectivity index (χ1) is 20.1. The molecule has 1 heterocycles. The van der Waals surface area contributed by atoms with Gasteiger partial charge >= 0.3 is 0 Å². The fourth-order valence-electron chi connectivity index (χ4n) is 4.28. The van der Waals surface area contributed by atoms with Crippen molar-refractivity contribution >= 4 is 65.7 Å². The minimum absolute atomic E-state index is 0.00648. The number of ketones is 1. The Hall–Kier alpha value is -3.71. The van der Waals surface area contributed by atoms with E-state index in [9.17, 15) is 28.1 Å². The third-order valence-corrected chi connectivity index (χ3v) is 9.71. The van der Waals surface area contributed by atoms with Crippen LogP contribution in [0.25, 0.3) is 10.2 Å². The van der Waals surface area contributed by atoms with E-state index in [0.717, 1.165) is 43.1 Å². The molecule has 4 rings (SSSR count). The number of hydrogen-bond acceptors (Lipinski definition) is 8. The van der Waals surface area contributed by atoms with Crippen LogP contribution >= 0.6 is 22.9 Å². The highest BCUT2D eigenvalue weighted by Crippen LogP contribution is 2.31. The minimum atomic E-state index is -3.71. The topological polar surface area (TPSA) is 140 Å². The second-order valence-electron chi connectivity index (χ2n) is 9.51. The third-order valence-electron chi connectivity index (χ3n) is 6.56. The lowest BCUT2D eigenvalue weighted by Gasteiger charge is -2.21. The molecule has 13 heteroatoms. The summed E-state index contributed by atoms with van der Waals surface area (Å²) in [4.78, 5) is 41.7. The van der Waals surface area contributed by atoms with Gasteiger partial charge in [0.1, 0.15) is 5.02 Å². The van der Waals surface area contributed by atoms with Crippen LogP contribution in [-0.4, -0.2) is 47.4 Å². The molecule has 0 bridgehead atoms. The smallest absolute Gasteiger partial charge is 0.288 e. The minimum Gasteiger partial charge on any atom is -0.298 e. The summed E-state index contributed by atoms with van der Waals surface area (Å²) in [7, 11) is -3.71. The number of carbonyl (C=O) groups excluding carboxylic acids is 2. The van der Waals surface area contributed by atoms with Crippen molar-refractivity contribution in [2.75, 3.05) is 18.4 Å². The number of sulfonamides is 1. The van der Waals surface area contributed by atoms with Gasteiger partial charge in [0.15, 0.2) is 10.9 Å². The van der Waals surface area contributed by atoms with Gasteiger partial charge in [-0.05, 0) is 49.2 Å². The molecule has 0 saturated heterocycles. The molecule has 3 aromatic carbocycles. The standard InChI is InChI=1S/C29H29ClN4O6S2/c1-3-5-15-33(16-6-4-2)42(39,40)20-12-14-24-26(18-20)41-29(31-24)32-28(36)22-10-8-7-9-21(22)27(35)19-11-13-23(30)25(17-19)34(37)38/h7-14,17-18H,3-6,15-16H2,1-2H3,(H,31,32,36). The van der Waals surface area contributed by atoms with Crippen LogP contribution in [0.15, 0.2) is 65.6 Å². The van der Waals surface area contributed by atoms with E-state index >= 15 is 0 Å². The van der Waals surface area contributed by atoms with Gasteiger partial charge in [-0.3, -0.25) is 25.0 Å². The van der Waals surface area contributed by atoms with Crippen LogP contribution in [0.1, 0.15) is 65.8 Å². The molecule has 10 nitrogen and oxygen atoms in total. The third kappa shape index (κ3) is 6.84. The van der Waals surface area contributed by atoms with Crippen LogP contribution in [0.3, 0.4) is 0 Å². The number of aromatic nitrogens is 1. The van der Waals surface area contributed by atoms with Crippen molar-refractivity contribution in [3.05, 3.63) is 92.5 Å². The number of halogens is 1. The maximum Gasteiger partial charge on any atom is 0.288 e. The molecule has 0 unspecified atom stereocenters. The Bertz CT molecular complexity index is 1750. The van der Waals surface area contributed by atoms with Gasteiger partial charge in [-0.15, -0.1) is 0 Å². The number of rotatable bonds is 13. The van der Waals surface area contributed by atoms with E-state index in [1.165, 1.54) is 34.6 Å². The maximum absolute atomic E-state index is 13.4.